The second kappa shape index (κ2) is 5.43. The fourth-order valence-corrected chi connectivity index (χ4v) is 2.39. The molecule has 0 radical (unpaired) electrons. The van der Waals surface area contributed by atoms with Crippen LogP contribution in [0.15, 0.2) is 57.8 Å². The van der Waals surface area contributed by atoms with Crippen LogP contribution in [-0.2, 0) is 0 Å². The van der Waals surface area contributed by atoms with E-state index in [1.165, 1.54) is 0 Å². The number of benzene rings is 2. The van der Waals surface area contributed by atoms with Crippen molar-refractivity contribution in [2.75, 3.05) is 0 Å². The summed E-state index contributed by atoms with van der Waals surface area (Å²) in [4.78, 5) is 19.1. The molecule has 3 nitrogen and oxygen atoms in total. The largest absolute Gasteiger partial charge is 0.306 e. The van der Waals surface area contributed by atoms with Crippen molar-refractivity contribution in [3.05, 3.63) is 74.7 Å². The van der Waals surface area contributed by atoms with E-state index >= 15 is 0 Å². The van der Waals surface area contributed by atoms with Gasteiger partial charge in [0, 0.05) is 4.47 Å². The highest BCUT2D eigenvalue weighted by Gasteiger charge is 2.00. The number of hydrogen-bond donors (Lipinski definition) is 1. The molecule has 4 heteroatoms. The van der Waals surface area contributed by atoms with Crippen LogP contribution in [0.3, 0.4) is 0 Å². The molecule has 0 atom stereocenters. The lowest BCUT2D eigenvalue weighted by Crippen LogP contribution is -2.09. The number of para-hydroxylation sites is 1. The van der Waals surface area contributed by atoms with Crippen LogP contribution < -0.4 is 5.56 Å². The van der Waals surface area contributed by atoms with Crippen molar-refractivity contribution in [3.63, 3.8) is 0 Å². The first-order chi connectivity index (χ1) is 9.72. The number of rotatable bonds is 2. The number of hydrogen-bond acceptors (Lipinski definition) is 2. The lowest BCUT2D eigenvalue weighted by molar-refractivity contribution is 1.14. The highest BCUT2D eigenvalue weighted by molar-refractivity contribution is 9.10. The maximum atomic E-state index is 11.9. The minimum absolute atomic E-state index is 0.121. The molecule has 20 heavy (non-hydrogen) atoms. The quantitative estimate of drug-likeness (QED) is 0.777. The third-order valence-electron chi connectivity index (χ3n) is 2.91. The van der Waals surface area contributed by atoms with Gasteiger partial charge in [-0.25, -0.2) is 4.98 Å². The van der Waals surface area contributed by atoms with Gasteiger partial charge in [0.25, 0.3) is 5.56 Å². The van der Waals surface area contributed by atoms with Crippen molar-refractivity contribution in [2.45, 2.75) is 0 Å². The Kier molecular flexibility index (Phi) is 3.48. The van der Waals surface area contributed by atoms with Crippen LogP contribution in [0.25, 0.3) is 23.1 Å². The third kappa shape index (κ3) is 2.70. The van der Waals surface area contributed by atoms with Crippen LogP contribution in [0.5, 0.6) is 0 Å². The summed E-state index contributed by atoms with van der Waals surface area (Å²) in [5.74, 6) is 0.550. The van der Waals surface area contributed by atoms with Crippen molar-refractivity contribution < 1.29 is 0 Å². The highest BCUT2D eigenvalue weighted by Crippen LogP contribution is 2.14. The molecule has 0 saturated carbocycles. The molecule has 98 valence electrons. The van der Waals surface area contributed by atoms with Crippen LogP contribution in [0, 0.1) is 0 Å². The topological polar surface area (TPSA) is 45.8 Å². The smallest absolute Gasteiger partial charge is 0.259 e. The average molecular weight is 327 g/mol. The summed E-state index contributed by atoms with van der Waals surface area (Å²) in [6, 6.07) is 15.2. The molecule has 1 aromatic heterocycles. The Morgan fingerprint density at radius 2 is 1.90 bits per heavy atom. The first-order valence-electron chi connectivity index (χ1n) is 6.15. The monoisotopic (exact) mass is 326 g/mol. The molecule has 1 N–H and O–H groups in total. The lowest BCUT2D eigenvalue weighted by atomic mass is 10.2. The Labute approximate surface area is 124 Å². The maximum Gasteiger partial charge on any atom is 0.259 e. The van der Waals surface area contributed by atoms with Gasteiger partial charge in [-0.2, -0.15) is 0 Å². The second-order valence-electron chi connectivity index (χ2n) is 4.36. The zero-order valence-corrected chi connectivity index (χ0v) is 12.1. The summed E-state index contributed by atoms with van der Waals surface area (Å²) in [6.07, 6.45) is 3.72. The van der Waals surface area contributed by atoms with E-state index in [4.69, 9.17) is 0 Å². The van der Waals surface area contributed by atoms with Gasteiger partial charge in [0.2, 0.25) is 0 Å². The van der Waals surface area contributed by atoms with Crippen molar-refractivity contribution in [1.29, 1.82) is 0 Å². The van der Waals surface area contributed by atoms with Crippen LogP contribution >= 0.6 is 15.9 Å². The van der Waals surface area contributed by atoms with E-state index in [9.17, 15) is 4.79 Å². The summed E-state index contributed by atoms with van der Waals surface area (Å²) in [5.41, 5.74) is 1.62. The summed E-state index contributed by atoms with van der Waals surface area (Å²) in [7, 11) is 0. The fraction of sp³-hybridized carbons (Fsp3) is 0. The van der Waals surface area contributed by atoms with Gasteiger partial charge in [-0.3, -0.25) is 4.79 Å². The first-order valence-corrected chi connectivity index (χ1v) is 6.94. The predicted molar refractivity (Wildman–Crippen MR) is 85.4 cm³/mol. The van der Waals surface area contributed by atoms with E-state index in [0.717, 1.165) is 10.0 Å². The zero-order valence-electron chi connectivity index (χ0n) is 10.5. The van der Waals surface area contributed by atoms with Crippen molar-refractivity contribution >= 4 is 39.0 Å². The van der Waals surface area contributed by atoms with Crippen LogP contribution in [0.2, 0.25) is 0 Å². The minimum Gasteiger partial charge on any atom is -0.306 e. The van der Waals surface area contributed by atoms with Gasteiger partial charge < -0.3 is 4.98 Å². The van der Waals surface area contributed by atoms with Crippen molar-refractivity contribution in [1.82, 2.24) is 9.97 Å². The Hall–Kier alpha value is -2.20. The summed E-state index contributed by atoms with van der Waals surface area (Å²) >= 11 is 3.43. The molecule has 1 heterocycles. The van der Waals surface area contributed by atoms with E-state index in [1.807, 2.05) is 48.5 Å². The van der Waals surface area contributed by atoms with Gasteiger partial charge in [-0.15, -0.1) is 0 Å². The van der Waals surface area contributed by atoms with Gasteiger partial charge in [0.15, 0.2) is 0 Å². The number of aromatic amines is 1. The molecule has 0 aliphatic carbocycles. The van der Waals surface area contributed by atoms with E-state index in [1.54, 1.807) is 12.1 Å². The number of fused-ring (bicyclic) bond motifs is 1. The average Bonchev–Trinajstić information content (AvgIpc) is 2.45. The molecular formula is C16H11BrN2O. The molecule has 0 saturated heterocycles. The number of halogens is 1. The van der Waals surface area contributed by atoms with E-state index in [2.05, 4.69) is 25.9 Å². The van der Waals surface area contributed by atoms with Gasteiger partial charge in [-0.1, -0.05) is 46.3 Å². The molecule has 0 spiro atoms. The van der Waals surface area contributed by atoms with E-state index < -0.39 is 0 Å². The molecule has 0 amide bonds. The standard InChI is InChI=1S/C16H11BrN2O/c17-12-5-3-4-11(10-12)8-9-15-18-14-7-2-1-6-13(14)16(20)19-15/h1-10H,(H,18,19,20). The summed E-state index contributed by atoms with van der Waals surface area (Å²) in [5, 5.41) is 0.604. The Balaban J connectivity index is 2.01. The van der Waals surface area contributed by atoms with Gasteiger partial charge in [0.1, 0.15) is 5.82 Å². The molecule has 0 fully saturated rings. The molecule has 2 aromatic carbocycles. The Morgan fingerprint density at radius 1 is 1.05 bits per heavy atom. The third-order valence-corrected chi connectivity index (χ3v) is 3.41. The Morgan fingerprint density at radius 3 is 2.75 bits per heavy atom. The second-order valence-corrected chi connectivity index (χ2v) is 5.27. The lowest BCUT2D eigenvalue weighted by Gasteiger charge is -1.98. The normalized spacial score (nSPS) is 11.2. The van der Waals surface area contributed by atoms with Gasteiger partial charge >= 0.3 is 0 Å². The number of nitrogens with zero attached hydrogens (tertiary/aromatic N) is 1. The number of H-pyrrole nitrogens is 1. The molecule has 3 rings (SSSR count). The predicted octanol–water partition coefficient (Wildman–Crippen LogP) is 3.86. The van der Waals surface area contributed by atoms with Gasteiger partial charge in [-0.05, 0) is 35.9 Å². The van der Waals surface area contributed by atoms with Crippen LogP contribution in [-0.4, -0.2) is 9.97 Å². The number of nitrogens with one attached hydrogen (secondary N) is 1. The molecular weight excluding hydrogens is 316 g/mol. The fourth-order valence-electron chi connectivity index (χ4n) is 1.97. The molecule has 0 aliphatic rings. The molecule has 0 aliphatic heterocycles. The molecule has 0 unspecified atom stereocenters. The van der Waals surface area contributed by atoms with Gasteiger partial charge in [0.05, 0.1) is 10.9 Å². The number of aromatic nitrogens is 2. The summed E-state index contributed by atoms with van der Waals surface area (Å²) < 4.78 is 1.01. The van der Waals surface area contributed by atoms with Crippen molar-refractivity contribution in [3.8, 4) is 0 Å². The minimum atomic E-state index is -0.121. The van der Waals surface area contributed by atoms with E-state index in [0.29, 0.717) is 16.7 Å². The van der Waals surface area contributed by atoms with Crippen molar-refractivity contribution in [2.24, 2.45) is 0 Å². The Bertz CT molecular complexity index is 852. The zero-order chi connectivity index (χ0) is 13.9. The summed E-state index contributed by atoms with van der Waals surface area (Å²) in [6.45, 7) is 0. The van der Waals surface area contributed by atoms with Crippen LogP contribution in [0.1, 0.15) is 11.4 Å². The van der Waals surface area contributed by atoms with Crippen LogP contribution in [0.4, 0.5) is 0 Å². The molecule has 3 aromatic rings. The maximum absolute atomic E-state index is 11.9. The molecule has 0 bridgehead atoms. The SMILES string of the molecule is O=c1[nH]c(C=Cc2cccc(Br)c2)nc2ccccc12. The first kappa shape index (κ1) is 12.8. The van der Waals surface area contributed by atoms with E-state index in [-0.39, 0.29) is 5.56 Å². The highest BCUT2D eigenvalue weighted by atomic mass is 79.9.